The highest BCUT2D eigenvalue weighted by Crippen LogP contribution is 2.24. The van der Waals surface area contributed by atoms with Crippen molar-refractivity contribution in [1.82, 2.24) is 14.7 Å². The second-order valence-electron chi connectivity index (χ2n) is 9.88. The first-order chi connectivity index (χ1) is 16.1. The lowest BCUT2D eigenvalue weighted by molar-refractivity contribution is -0.118. The molecule has 1 amide bonds. The van der Waals surface area contributed by atoms with Gasteiger partial charge in [0.25, 0.3) is 5.56 Å². The standard InChI is InChI=1S/C28H38N4O2/c1-18(2)17-22-13-15-23(16-14-22)25(19(3)4)29-20(5)27(33)30-26-21(6)31(7)32(28(26)34)24-11-9-8-10-12-24/h8-16,18-20,25,29H,17H2,1-7H3,(H,30,33)/t20-,25-/m1/s1. The van der Waals surface area contributed by atoms with Crippen molar-refractivity contribution < 1.29 is 4.79 Å². The van der Waals surface area contributed by atoms with Gasteiger partial charge < -0.3 is 5.32 Å². The molecule has 2 aromatic carbocycles. The lowest BCUT2D eigenvalue weighted by atomic mass is 9.93. The van der Waals surface area contributed by atoms with Gasteiger partial charge in [0, 0.05) is 13.1 Å². The van der Waals surface area contributed by atoms with Crippen molar-refractivity contribution in [2.24, 2.45) is 18.9 Å². The third-order valence-corrected chi connectivity index (χ3v) is 6.27. The average molecular weight is 463 g/mol. The predicted molar refractivity (Wildman–Crippen MR) is 140 cm³/mol. The Kier molecular flexibility index (Phi) is 8.15. The fourth-order valence-corrected chi connectivity index (χ4v) is 4.29. The fourth-order valence-electron chi connectivity index (χ4n) is 4.29. The highest BCUT2D eigenvalue weighted by molar-refractivity contribution is 5.95. The molecule has 0 aliphatic heterocycles. The smallest absolute Gasteiger partial charge is 0.295 e. The minimum atomic E-state index is -0.480. The lowest BCUT2D eigenvalue weighted by Crippen LogP contribution is -2.42. The molecule has 0 spiro atoms. The van der Waals surface area contributed by atoms with Crippen molar-refractivity contribution in [3.05, 3.63) is 81.8 Å². The molecule has 6 nitrogen and oxygen atoms in total. The summed E-state index contributed by atoms with van der Waals surface area (Å²) in [5, 5.41) is 6.36. The normalized spacial score (nSPS) is 13.3. The first-order valence-corrected chi connectivity index (χ1v) is 12.1. The van der Waals surface area contributed by atoms with Crippen LogP contribution in [0.15, 0.2) is 59.4 Å². The minimum Gasteiger partial charge on any atom is -0.319 e. The van der Waals surface area contributed by atoms with Crippen LogP contribution in [0.25, 0.3) is 5.69 Å². The zero-order valence-electron chi connectivity index (χ0n) is 21.4. The summed E-state index contributed by atoms with van der Waals surface area (Å²) in [6, 6.07) is 17.6. The van der Waals surface area contributed by atoms with E-state index >= 15 is 0 Å². The number of carbonyl (C=O) groups is 1. The van der Waals surface area contributed by atoms with Gasteiger partial charge in [-0.3, -0.25) is 19.6 Å². The van der Waals surface area contributed by atoms with Crippen LogP contribution in [0.1, 0.15) is 57.5 Å². The minimum absolute atomic E-state index is 0.0201. The van der Waals surface area contributed by atoms with E-state index in [0.29, 0.717) is 23.2 Å². The molecule has 2 atom stereocenters. The van der Waals surface area contributed by atoms with E-state index in [1.807, 2.05) is 51.2 Å². The number of aromatic nitrogens is 2. The molecule has 6 heteroatoms. The van der Waals surface area contributed by atoms with E-state index in [1.165, 1.54) is 5.56 Å². The zero-order chi connectivity index (χ0) is 25.0. The number of rotatable bonds is 9. The molecule has 0 radical (unpaired) electrons. The number of nitrogens with zero attached hydrogens (tertiary/aromatic N) is 2. The van der Waals surface area contributed by atoms with Crippen LogP contribution in [0.5, 0.6) is 0 Å². The Morgan fingerprint density at radius 3 is 2.12 bits per heavy atom. The number of nitrogens with one attached hydrogen (secondary N) is 2. The van der Waals surface area contributed by atoms with E-state index < -0.39 is 6.04 Å². The molecule has 0 aliphatic rings. The third-order valence-electron chi connectivity index (χ3n) is 6.27. The number of hydrogen-bond acceptors (Lipinski definition) is 3. The second kappa shape index (κ2) is 10.9. The topological polar surface area (TPSA) is 68.1 Å². The Balaban J connectivity index is 1.77. The molecule has 0 bridgehead atoms. The molecule has 3 rings (SSSR count). The van der Waals surface area contributed by atoms with Gasteiger partial charge in [-0.25, -0.2) is 4.68 Å². The van der Waals surface area contributed by atoms with Crippen molar-refractivity contribution in [3.63, 3.8) is 0 Å². The Morgan fingerprint density at radius 2 is 1.56 bits per heavy atom. The largest absolute Gasteiger partial charge is 0.319 e. The maximum Gasteiger partial charge on any atom is 0.295 e. The molecule has 0 fully saturated rings. The van der Waals surface area contributed by atoms with E-state index in [0.717, 1.165) is 17.7 Å². The summed E-state index contributed by atoms with van der Waals surface area (Å²) in [6.07, 6.45) is 1.05. The van der Waals surface area contributed by atoms with Gasteiger partial charge in [0.1, 0.15) is 5.69 Å². The number of hydrogen-bond donors (Lipinski definition) is 2. The van der Waals surface area contributed by atoms with Crippen molar-refractivity contribution in [2.45, 2.75) is 60.0 Å². The molecule has 182 valence electrons. The maximum absolute atomic E-state index is 13.1. The third kappa shape index (κ3) is 5.68. The van der Waals surface area contributed by atoms with Gasteiger partial charge in [0.15, 0.2) is 0 Å². The molecule has 1 heterocycles. The van der Waals surface area contributed by atoms with E-state index in [9.17, 15) is 9.59 Å². The summed E-state index contributed by atoms with van der Waals surface area (Å²) in [5.74, 6) is 0.676. The number of amides is 1. The van der Waals surface area contributed by atoms with Crippen LogP contribution in [0.2, 0.25) is 0 Å². The SMILES string of the molecule is Cc1c(NC(=O)[C@@H](C)N[C@@H](c2ccc(CC(C)C)cc2)C(C)C)c(=O)n(-c2ccccc2)n1C. The van der Waals surface area contributed by atoms with Crippen molar-refractivity contribution in [3.8, 4) is 5.69 Å². The van der Waals surface area contributed by atoms with E-state index in [1.54, 1.807) is 9.36 Å². The molecule has 0 aliphatic carbocycles. The highest BCUT2D eigenvalue weighted by Gasteiger charge is 2.24. The summed E-state index contributed by atoms with van der Waals surface area (Å²) >= 11 is 0. The monoisotopic (exact) mass is 462 g/mol. The molecule has 34 heavy (non-hydrogen) atoms. The molecule has 0 saturated heterocycles. The van der Waals surface area contributed by atoms with Crippen LogP contribution in [-0.4, -0.2) is 21.3 Å². The fraction of sp³-hybridized carbons (Fsp3) is 0.429. The quantitative estimate of drug-likeness (QED) is 0.470. The van der Waals surface area contributed by atoms with Crippen molar-refractivity contribution in [2.75, 3.05) is 5.32 Å². The van der Waals surface area contributed by atoms with Gasteiger partial charge in [-0.05, 0) is 55.4 Å². The zero-order valence-corrected chi connectivity index (χ0v) is 21.4. The van der Waals surface area contributed by atoms with Gasteiger partial charge in [0.05, 0.1) is 17.4 Å². The maximum atomic E-state index is 13.1. The lowest BCUT2D eigenvalue weighted by Gasteiger charge is -2.26. The Hall–Kier alpha value is -3.12. The van der Waals surface area contributed by atoms with E-state index in [4.69, 9.17) is 0 Å². The van der Waals surface area contributed by atoms with Gasteiger partial charge in [-0.15, -0.1) is 0 Å². The summed E-state index contributed by atoms with van der Waals surface area (Å²) in [7, 11) is 1.82. The molecule has 1 aromatic heterocycles. The summed E-state index contributed by atoms with van der Waals surface area (Å²) < 4.78 is 3.33. The number of benzene rings is 2. The van der Waals surface area contributed by atoms with Crippen LogP contribution < -0.4 is 16.2 Å². The van der Waals surface area contributed by atoms with Crippen LogP contribution in [0.3, 0.4) is 0 Å². The predicted octanol–water partition coefficient (Wildman–Crippen LogP) is 5.00. The van der Waals surface area contributed by atoms with E-state index in [2.05, 4.69) is 62.6 Å². The highest BCUT2D eigenvalue weighted by atomic mass is 16.2. The average Bonchev–Trinajstić information content (AvgIpc) is 3.01. The number of carbonyl (C=O) groups excluding carboxylic acids is 1. The van der Waals surface area contributed by atoms with Gasteiger partial charge in [-0.1, -0.05) is 70.2 Å². The first-order valence-electron chi connectivity index (χ1n) is 12.1. The van der Waals surface area contributed by atoms with Crippen LogP contribution in [-0.2, 0) is 18.3 Å². The van der Waals surface area contributed by atoms with Crippen molar-refractivity contribution >= 4 is 11.6 Å². The summed E-state index contributed by atoms with van der Waals surface area (Å²) in [5.41, 5.74) is 4.00. The summed E-state index contributed by atoms with van der Waals surface area (Å²) in [6.45, 7) is 12.4. The van der Waals surface area contributed by atoms with Crippen molar-refractivity contribution in [1.29, 1.82) is 0 Å². The van der Waals surface area contributed by atoms with Crippen LogP contribution in [0, 0.1) is 18.8 Å². The molecular weight excluding hydrogens is 424 g/mol. The first kappa shape index (κ1) is 25.5. The Bertz CT molecular complexity index is 1160. The molecule has 0 saturated carbocycles. The Labute approximate surface area is 203 Å². The van der Waals surface area contributed by atoms with E-state index in [-0.39, 0.29) is 17.5 Å². The number of anilines is 1. The molecule has 3 aromatic rings. The molecular formula is C28H38N4O2. The van der Waals surface area contributed by atoms with Crippen LogP contribution >= 0.6 is 0 Å². The van der Waals surface area contributed by atoms with Crippen LogP contribution in [0.4, 0.5) is 5.69 Å². The van der Waals surface area contributed by atoms with Gasteiger partial charge in [-0.2, -0.15) is 0 Å². The Morgan fingerprint density at radius 1 is 0.941 bits per heavy atom. The van der Waals surface area contributed by atoms with Gasteiger partial charge >= 0.3 is 0 Å². The van der Waals surface area contributed by atoms with Gasteiger partial charge in [0.2, 0.25) is 5.91 Å². The summed E-state index contributed by atoms with van der Waals surface area (Å²) in [4.78, 5) is 26.2. The number of para-hydroxylation sites is 1. The molecule has 2 N–H and O–H groups in total. The molecule has 0 unspecified atom stereocenters. The second-order valence-corrected chi connectivity index (χ2v) is 9.88.